The van der Waals surface area contributed by atoms with Crippen molar-refractivity contribution in [2.45, 2.75) is 61.3 Å². The molecule has 3 nitrogen and oxygen atoms in total. The maximum Gasteiger partial charge on any atom is 0.220 e. The highest BCUT2D eigenvalue weighted by Gasteiger charge is 2.34. The summed E-state index contributed by atoms with van der Waals surface area (Å²) in [6.45, 7) is 2.90. The third kappa shape index (κ3) is 5.23. The van der Waals surface area contributed by atoms with Crippen molar-refractivity contribution in [3.63, 3.8) is 0 Å². The Kier molecular flexibility index (Phi) is 6.05. The highest BCUT2D eigenvalue weighted by molar-refractivity contribution is 9.10. The van der Waals surface area contributed by atoms with E-state index in [4.69, 9.17) is 0 Å². The molecule has 0 aliphatic carbocycles. The Bertz CT molecular complexity index is 524. The van der Waals surface area contributed by atoms with E-state index in [-0.39, 0.29) is 5.91 Å². The number of hydrogen-bond donors (Lipinski definition) is 2. The van der Waals surface area contributed by atoms with Gasteiger partial charge >= 0.3 is 0 Å². The molecule has 5 heteroatoms. The van der Waals surface area contributed by atoms with E-state index >= 15 is 0 Å². The molecule has 2 saturated heterocycles. The molecule has 2 bridgehead atoms. The van der Waals surface area contributed by atoms with E-state index in [1.807, 2.05) is 0 Å². The van der Waals surface area contributed by atoms with Gasteiger partial charge in [-0.2, -0.15) is 0 Å². The van der Waals surface area contributed by atoms with Crippen molar-refractivity contribution in [1.29, 1.82) is 0 Å². The Labute approximate surface area is 151 Å². The summed E-state index contributed by atoms with van der Waals surface area (Å²) in [7, 11) is 0. The lowest BCUT2D eigenvalue weighted by molar-refractivity contribution is -0.122. The number of carbonyl (C=O) groups is 1. The zero-order chi connectivity index (χ0) is 16.2. The van der Waals surface area contributed by atoms with E-state index in [0.717, 1.165) is 11.0 Å². The summed E-state index contributed by atoms with van der Waals surface area (Å²) < 4.78 is 1.10. The Morgan fingerprint density at radius 2 is 1.96 bits per heavy atom. The quantitative estimate of drug-likeness (QED) is 0.714. The molecule has 0 radical (unpaired) electrons. The summed E-state index contributed by atoms with van der Waals surface area (Å²) in [5, 5.41) is 7.14. The van der Waals surface area contributed by atoms with Crippen molar-refractivity contribution in [3.8, 4) is 0 Å². The smallest absolute Gasteiger partial charge is 0.220 e. The average Bonchev–Trinajstić information content (AvgIpc) is 2.86. The number of fused-ring (bicyclic) bond motifs is 2. The van der Waals surface area contributed by atoms with E-state index < -0.39 is 0 Å². The molecule has 126 valence electrons. The minimum Gasteiger partial charge on any atom is -0.355 e. The summed E-state index contributed by atoms with van der Waals surface area (Å²) in [6.07, 6.45) is 5.64. The van der Waals surface area contributed by atoms with Crippen LogP contribution in [0.3, 0.4) is 0 Å². The maximum atomic E-state index is 12.2. The summed E-state index contributed by atoms with van der Waals surface area (Å²) in [6, 6.07) is 9.66. The van der Waals surface area contributed by atoms with E-state index in [2.05, 4.69) is 57.8 Å². The van der Waals surface area contributed by atoms with Crippen LogP contribution in [0.25, 0.3) is 0 Å². The molecular weight excluding hydrogens is 372 g/mol. The van der Waals surface area contributed by atoms with Crippen LogP contribution in [-0.4, -0.2) is 29.8 Å². The molecule has 1 aromatic rings. The zero-order valence-electron chi connectivity index (χ0n) is 13.6. The van der Waals surface area contributed by atoms with Gasteiger partial charge in [0.05, 0.1) is 0 Å². The standard InChI is InChI=1S/C18H25BrN2OS/c1-12(23-17-6-2-14(19)3-7-17)11-20-18(22)10-13-8-15-4-5-16(9-13)21-15/h2-3,6-7,12-13,15-16,21H,4-5,8-11H2,1H3,(H,20,22). The highest BCUT2D eigenvalue weighted by Crippen LogP contribution is 2.32. The van der Waals surface area contributed by atoms with Crippen molar-refractivity contribution in [2.75, 3.05) is 6.54 Å². The Balaban J connectivity index is 1.37. The van der Waals surface area contributed by atoms with Gasteiger partial charge in [-0.25, -0.2) is 0 Å². The molecule has 0 aromatic heterocycles. The molecule has 2 heterocycles. The largest absolute Gasteiger partial charge is 0.355 e. The normalized spacial score (nSPS) is 27.7. The number of benzene rings is 1. The number of carbonyl (C=O) groups excluding carboxylic acids is 1. The number of hydrogen-bond acceptors (Lipinski definition) is 3. The molecule has 1 amide bonds. The van der Waals surface area contributed by atoms with Gasteiger partial charge in [0.15, 0.2) is 0 Å². The molecule has 2 aliphatic rings. The van der Waals surface area contributed by atoms with E-state index in [0.29, 0.717) is 29.7 Å². The molecule has 2 N–H and O–H groups in total. The van der Waals surface area contributed by atoms with Crippen molar-refractivity contribution in [3.05, 3.63) is 28.7 Å². The molecule has 3 unspecified atom stereocenters. The fraction of sp³-hybridized carbons (Fsp3) is 0.611. The van der Waals surface area contributed by atoms with Crippen LogP contribution in [0.15, 0.2) is 33.6 Å². The van der Waals surface area contributed by atoms with Crippen molar-refractivity contribution >= 4 is 33.6 Å². The van der Waals surface area contributed by atoms with Gasteiger partial charge < -0.3 is 10.6 Å². The highest BCUT2D eigenvalue weighted by atomic mass is 79.9. The summed E-state index contributed by atoms with van der Waals surface area (Å²) in [4.78, 5) is 13.4. The summed E-state index contributed by atoms with van der Waals surface area (Å²) in [5.74, 6) is 0.794. The number of thioether (sulfide) groups is 1. The lowest BCUT2D eigenvalue weighted by atomic mass is 9.89. The summed E-state index contributed by atoms with van der Waals surface area (Å²) >= 11 is 5.26. The first-order valence-electron chi connectivity index (χ1n) is 8.53. The molecular formula is C18H25BrN2OS. The van der Waals surface area contributed by atoms with Crippen LogP contribution in [0.5, 0.6) is 0 Å². The fourth-order valence-electron chi connectivity index (χ4n) is 3.72. The Hall–Kier alpha value is -0.520. The zero-order valence-corrected chi connectivity index (χ0v) is 16.0. The van der Waals surface area contributed by atoms with E-state index in [1.54, 1.807) is 11.8 Å². The maximum absolute atomic E-state index is 12.2. The first kappa shape index (κ1) is 17.3. The van der Waals surface area contributed by atoms with E-state index in [9.17, 15) is 4.79 Å². The monoisotopic (exact) mass is 396 g/mol. The van der Waals surface area contributed by atoms with Crippen LogP contribution in [0.4, 0.5) is 0 Å². The molecule has 2 fully saturated rings. The molecule has 3 rings (SSSR count). The predicted molar refractivity (Wildman–Crippen MR) is 99.8 cm³/mol. The third-order valence-corrected chi connectivity index (χ3v) is 6.42. The number of piperidine rings is 1. The second-order valence-corrected chi connectivity index (χ2v) is 9.29. The van der Waals surface area contributed by atoms with Crippen LogP contribution >= 0.6 is 27.7 Å². The topological polar surface area (TPSA) is 41.1 Å². The van der Waals surface area contributed by atoms with Gasteiger partial charge in [-0.1, -0.05) is 22.9 Å². The Morgan fingerprint density at radius 3 is 2.61 bits per heavy atom. The minimum atomic E-state index is 0.222. The number of rotatable bonds is 6. The number of nitrogens with one attached hydrogen (secondary N) is 2. The SMILES string of the molecule is CC(CNC(=O)CC1CC2CCC(C1)N2)Sc1ccc(Br)cc1. The van der Waals surface area contributed by atoms with Gasteiger partial charge in [0.1, 0.15) is 0 Å². The molecule has 1 aromatic carbocycles. The van der Waals surface area contributed by atoms with Crippen LogP contribution in [0.2, 0.25) is 0 Å². The Morgan fingerprint density at radius 1 is 1.30 bits per heavy atom. The van der Waals surface area contributed by atoms with E-state index in [1.165, 1.54) is 30.6 Å². The second-order valence-electron chi connectivity index (χ2n) is 6.87. The molecule has 0 saturated carbocycles. The lowest BCUT2D eigenvalue weighted by Gasteiger charge is -2.28. The van der Waals surface area contributed by atoms with Crippen LogP contribution in [0, 0.1) is 5.92 Å². The van der Waals surface area contributed by atoms with Crippen molar-refractivity contribution < 1.29 is 4.79 Å². The summed E-state index contributed by atoms with van der Waals surface area (Å²) in [5.41, 5.74) is 0. The third-order valence-electron chi connectivity index (χ3n) is 4.78. The average molecular weight is 397 g/mol. The first-order chi connectivity index (χ1) is 11.1. The van der Waals surface area contributed by atoms with Gasteiger partial charge in [0, 0.05) is 39.7 Å². The molecule has 2 aliphatic heterocycles. The van der Waals surface area contributed by atoms with Crippen LogP contribution in [0.1, 0.15) is 39.0 Å². The molecule has 3 atom stereocenters. The molecule has 23 heavy (non-hydrogen) atoms. The first-order valence-corrected chi connectivity index (χ1v) is 10.2. The van der Waals surface area contributed by atoms with Gasteiger partial charge in [0.25, 0.3) is 0 Å². The fourth-order valence-corrected chi connectivity index (χ4v) is 4.91. The van der Waals surface area contributed by atoms with Gasteiger partial charge in [-0.3, -0.25) is 4.79 Å². The second kappa shape index (κ2) is 8.04. The minimum absolute atomic E-state index is 0.222. The predicted octanol–water partition coefficient (Wildman–Crippen LogP) is 3.97. The van der Waals surface area contributed by atoms with Crippen LogP contribution in [-0.2, 0) is 4.79 Å². The van der Waals surface area contributed by atoms with Gasteiger partial charge in [0.2, 0.25) is 5.91 Å². The lowest BCUT2D eigenvalue weighted by Crippen LogP contribution is -2.40. The number of halogens is 1. The van der Waals surface area contributed by atoms with Crippen LogP contribution < -0.4 is 10.6 Å². The van der Waals surface area contributed by atoms with Crippen molar-refractivity contribution in [1.82, 2.24) is 10.6 Å². The number of amides is 1. The molecule has 0 spiro atoms. The van der Waals surface area contributed by atoms with Gasteiger partial charge in [-0.05, 0) is 55.9 Å². The van der Waals surface area contributed by atoms with Gasteiger partial charge in [-0.15, -0.1) is 11.8 Å². The van der Waals surface area contributed by atoms with Crippen molar-refractivity contribution in [2.24, 2.45) is 5.92 Å².